The lowest BCUT2D eigenvalue weighted by molar-refractivity contribution is 0.0863. The molecule has 0 spiro atoms. The molecule has 0 unspecified atom stereocenters. The molecule has 0 atom stereocenters. The van der Waals surface area contributed by atoms with Crippen molar-refractivity contribution < 1.29 is 19.2 Å². The number of nitrogens with one attached hydrogen (secondary N) is 2. The molecule has 0 saturated carbocycles. The molecule has 2 aromatic carbocycles. The molecule has 2 N–H and O–H groups in total. The van der Waals surface area contributed by atoms with Gasteiger partial charge in [-0.3, -0.25) is 29.8 Å². The molecule has 4 amide bonds. The van der Waals surface area contributed by atoms with Crippen molar-refractivity contribution >= 4 is 35.8 Å². The quantitative estimate of drug-likeness (QED) is 0.547. The van der Waals surface area contributed by atoms with E-state index in [1.165, 1.54) is 0 Å². The molecule has 0 radical (unpaired) electrons. The van der Waals surface area contributed by atoms with Gasteiger partial charge < -0.3 is 0 Å². The number of rotatable bonds is 7. The maximum Gasteiger partial charge on any atom is 0.258 e. The van der Waals surface area contributed by atoms with Crippen molar-refractivity contribution in [2.45, 2.75) is 25.7 Å². The summed E-state index contributed by atoms with van der Waals surface area (Å²) in [6.45, 7) is 0. The van der Waals surface area contributed by atoms with E-state index in [-0.39, 0.29) is 23.6 Å². The summed E-state index contributed by atoms with van der Waals surface area (Å²) in [5.74, 6) is -1.36. The van der Waals surface area contributed by atoms with Gasteiger partial charge in [0.1, 0.15) is 0 Å². The molecular formula is C24H20N2O4. The standard InChI is InChI=1S/C24H20N2O4/c27-21-17-11-9-15(13-19(17)23(29)25-21)7-5-3-1-2-4-6-8-16-10-12-18-20(14-16)24(30)26-22(18)28/h5-14H,1-4H2,(H,25,27,29)(H,26,28,30). The van der Waals surface area contributed by atoms with Crippen LogP contribution < -0.4 is 10.6 Å². The minimum atomic E-state index is -0.340. The summed E-state index contributed by atoms with van der Waals surface area (Å²) >= 11 is 0. The summed E-state index contributed by atoms with van der Waals surface area (Å²) in [5, 5.41) is 4.58. The van der Waals surface area contributed by atoms with Crippen LogP contribution in [0.15, 0.2) is 48.6 Å². The molecule has 0 aliphatic carbocycles. The number of imide groups is 2. The van der Waals surface area contributed by atoms with Crippen LogP contribution in [0.2, 0.25) is 0 Å². The van der Waals surface area contributed by atoms with E-state index in [1.54, 1.807) is 24.3 Å². The molecule has 4 rings (SSSR count). The van der Waals surface area contributed by atoms with Gasteiger partial charge in [-0.2, -0.15) is 0 Å². The van der Waals surface area contributed by atoms with Crippen molar-refractivity contribution in [1.29, 1.82) is 0 Å². The molecule has 0 aromatic heterocycles. The zero-order valence-corrected chi connectivity index (χ0v) is 16.2. The predicted molar refractivity (Wildman–Crippen MR) is 113 cm³/mol. The van der Waals surface area contributed by atoms with Gasteiger partial charge in [0.2, 0.25) is 0 Å². The molecule has 30 heavy (non-hydrogen) atoms. The van der Waals surface area contributed by atoms with E-state index in [1.807, 2.05) is 24.3 Å². The predicted octanol–water partition coefficient (Wildman–Crippen LogP) is 3.74. The van der Waals surface area contributed by atoms with Crippen LogP contribution in [0.3, 0.4) is 0 Å². The first-order chi connectivity index (χ1) is 14.5. The summed E-state index contributed by atoms with van der Waals surface area (Å²) in [7, 11) is 0. The summed E-state index contributed by atoms with van der Waals surface area (Å²) in [5.41, 5.74) is 3.52. The van der Waals surface area contributed by atoms with Crippen molar-refractivity contribution in [3.63, 3.8) is 0 Å². The number of unbranched alkanes of at least 4 members (excludes halogenated alkanes) is 3. The van der Waals surface area contributed by atoms with E-state index in [4.69, 9.17) is 0 Å². The van der Waals surface area contributed by atoms with E-state index in [0.29, 0.717) is 22.3 Å². The Balaban J connectivity index is 1.22. The van der Waals surface area contributed by atoms with Crippen LogP contribution >= 0.6 is 0 Å². The summed E-state index contributed by atoms with van der Waals surface area (Å²) in [6, 6.07) is 10.5. The molecule has 0 fully saturated rings. The number of allylic oxidation sites excluding steroid dienone is 2. The third-order valence-electron chi connectivity index (χ3n) is 5.13. The van der Waals surface area contributed by atoms with Crippen LogP contribution in [0.5, 0.6) is 0 Å². The van der Waals surface area contributed by atoms with Crippen LogP contribution in [0.4, 0.5) is 0 Å². The van der Waals surface area contributed by atoms with E-state index >= 15 is 0 Å². The highest BCUT2D eigenvalue weighted by Gasteiger charge is 2.27. The van der Waals surface area contributed by atoms with Gasteiger partial charge in [-0.15, -0.1) is 0 Å². The average molecular weight is 400 g/mol. The lowest BCUT2D eigenvalue weighted by Gasteiger charge is -1.98. The number of benzene rings is 2. The first-order valence-electron chi connectivity index (χ1n) is 9.85. The zero-order valence-electron chi connectivity index (χ0n) is 16.2. The fourth-order valence-electron chi connectivity index (χ4n) is 3.54. The molecule has 2 heterocycles. The van der Waals surface area contributed by atoms with E-state index in [0.717, 1.165) is 36.8 Å². The maximum absolute atomic E-state index is 11.7. The third kappa shape index (κ3) is 3.98. The van der Waals surface area contributed by atoms with Gasteiger partial charge in [0.05, 0.1) is 22.3 Å². The third-order valence-corrected chi connectivity index (χ3v) is 5.13. The van der Waals surface area contributed by atoms with Crippen LogP contribution in [-0.2, 0) is 0 Å². The minimum absolute atomic E-state index is 0.338. The smallest absolute Gasteiger partial charge is 0.258 e. The summed E-state index contributed by atoms with van der Waals surface area (Å²) in [4.78, 5) is 46.5. The van der Waals surface area contributed by atoms with Gasteiger partial charge in [-0.1, -0.05) is 36.4 Å². The lowest BCUT2D eigenvalue weighted by atomic mass is 10.0. The molecule has 6 heteroatoms. The van der Waals surface area contributed by atoms with Gasteiger partial charge in [0.25, 0.3) is 23.6 Å². The fourth-order valence-corrected chi connectivity index (χ4v) is 3.54. The van der Waals surface area contributed by atoms with E-state index in [2.05, 4.69) is 22.8 Å². The van der Waals surface area contributed by atoms with Crippen molar-refractivity contribution in [2.75, 3.05) is 0 Å². The highest BCUT2D eigenvalue weighted by molar-refractivity contribution is 6.22. The maximum atomic E-state index is 11.7. The normalized spacial score (nSPS) is 15.1. The van der Waals surface area contributed by atoms with Gasteiger partial charge in [0, 0.05) is 0 Å². The Morgan fingerprint density at radius 2 is 0.967 bits per heavy atom. The molecular weight excluding hydrogens is 380 g/mol. The van der Waals surface area contributed by atoms with Gasteiger partial charge >= 0.3 is 0 Å². The lowest BCUT2D eigenvalue weighted by Crippen LogP contribution is -2.19. The number of amides is 4. The first kappa shape index (κ1) is 19.5. The SMILES string of the molecule is O=C1NC(=O)c2cc(C=CCCCCC=Cc3ccc4c(c3)C(=O)NC4=O)ccc21. The van der Waals surface area contributed by atoms with Crippen molar-refractivity contribution in [3.05, 3.63) is 81.9 Å². The largest absolute Gasteiger partial charge is 0.288 e. The second-order valence-corrected chi connectivity index (χ2v) is 7.27. The molecule has 0 saturated heterocycles. The topological polar surface area (TPSA) is 92.3 Å². The number of carbonyl (C=O) groups excluding carboxylic acids is 4. The Morgan fingerprint density at radius 3 is 1.40 bits per heavy atom. The molecule has 0 bridgehead atoms. The van der Waals surface area contributed by atoms with Crippen molar-refractivity contribution in [2.24, 2.45) is 0 Å². The molecule has 150 valence electrons. The Kier molecular flexibility index (Phi) is 5.39. The Labute approximate surface area is 173 Å². The summed E-state index contributed by atoms with van der Waals surface area (Å²) in [6.07, 6.45) is 11.9. The van der Waals surface area contributed by atoms with Crippen LogP contribution in [-0.4, -0.2) is 23.6 Å². The van der Waals surface area contributed by atoms with Gasteiger partial charge in [-0.05, 0) is 61.1 Å². The molecule has 6 nitrogen and oxygen atoms in total. The first-order valence-corrected chi connectivity index (χ1v) is 9.85. The van der Waals surface area contributed by atoms with Crippen LogP contribution in [0, 0.1) is 0 Å². The zero-order chi connectivity index (χ0) is 21.1. The number of carbonyl (C=O) groups is 4. The Bertz CT molecular complexity index is 1040. The molecule has 2 aliphatic heterocycles. The van der Waals surface area contributed by atoms with E-state index < -0.39 is 0 Å². The average Bonchev–Trinajstić information content (AvgIpc) is 3.18. The second kappa shape index (κ2) is 8.29. The van der Waals surface area contributed by atoms with Gasteiger partial charge in [0.15, 0.2) is 0 Å². The van der Waals surface area contributed by atoms with Crippen LogP contribution in [0.25, 0.3) is 12.2 Å². The Hall–Kier alpha value is -3.80. The molecule has 2 aromatic rings. The number of fused-ring (bicyclic) bond motifs is 2. The summed E-state index contributed by atoms with van der Waals surface area (Å²) < 4.78 is 0. The van der Waals surface area contributed by atoms with Crippen molar-refractivity contribution in [3.8, 4) is 0 Å². The highest BCUT2D eigenvalue weighted by Crippen LogP contribution is 2.20. The number of hydrogen-bond acceptors (Lipinski definition) is 4. The fraction of sp³-hybridized carbons (Fsp3) is 0.167. The van der Waals surface area contributed by atoms with Crippen LogP contribution in [0.1, 0.15) is 78.2 Å². The molecule has 2 aliphatic rings. The minimum Gasteiger partial charge on any atom is -0.288 e. The highest BCUT2D eigenvalue weighted by atomic mass is 16.2. The second-order valence-electron chi connectivity index (χ2n) is 7.27. The van der Waals surface area contributed by atoms with E-state index in [9.17, 15) is 19.2 Å². The van der Waals surface area contributed by atoms with Gasteiger partial charge in [-0.25, -0.2) is 0 Å². The number of hydrogen-bond donors (Lipinski definition) is 2. The Morgan fingerprint density at radius 1 is 0.567 bits per heavy atom. The monoisotopic (exact) mass is 400 g/mol. The van der Waals surface area contributed by atoms with Crippen molar-refractivity contribution in [1.82, 2.24) is 10.6 Å².